The zero-order valence-corrected chi connectivity index (χ0v) is 11.8. The third-order valence-electron chi connectivity index (χ3n) is 2.99. The van der Waals surface area contributed by atoms with Gasteiger partial charge in [-0.15, -0.1) is 0 Å². The molecule has 0 atom stereocenters. The van der Waals surface area contributed by atoms with Crippen molar-refractivity contribution in [2.45, 2.75) is 13.8 Å². The number of aromatic nitrogens is 3. The van der Waals surface area contributed by atoms with Crippen LogP contribution in [0.1, 0.15) is 11.4 Å². The summed E-state index contributed by atoms with van der Waals surface area (Å²) >= 11 is 3.47. The van der Waals surface area contributed by atoms with Gasteiger partial charge in [-0.1, -0.05) is 12.1 Å². The lowest BCUT2D eigenvalue weighted by molar-refractivity contribution is 0.951. The second kappa shape index (κ2) is 4.21. The normalized spacial score (nSPS) is 11.1. The first-order chi connectivity index (χ1) is 8.66. The Hall–Kier alpha value is -1.68. The van der Waals surface area contributed by atoms with Crippen molar-refractivity contribution < 1.29 is 0 Å². The second-order valence-electron chi connectivity index (χ2n) is 4.27. The highest BCUT2D eigenvalue weighted by molar-refractivity contribution is 9.10. The number of halogens is 1. The molecule has 3 rings (SSSR count). The molecule has 90 valence electrons. The van der Waals surface area contributed by atoms with Crippen LogP contribution in [-0.2, 0) is 0 Å². The maximum absolute atomic E-state index is 4.55. The van der Waals surface area contributed by atoms with Crippen LogP contribution in [0.25, 0.3) is 16.9 Å². The minimum absolute atomic E-state index is 0.905. The molecule has 0 N–H and O–H groups in total. The van der Waals surface area contributed by atoms with Crippen LogP contribution in [-0.4, -0.2) is 14.5 Å². The van der Waals surface area contributed by atoms with E-state index in [1.165, 1.54) is 0 Å². The molecule has 2 aromatic heterocycles. The number of imidazole rings is 1. The average Bonchev–Trinajstić information content (AvgIpc) is 2.69. The highest BCUT2D eigenvalue weighted by Gasteiger charge is 2.10. The zero-order valence-electron chi connectivity index (χ0n) is 10.2. The number of hydrogen-bond donors (Lipinski definition) is 0. The molecule has 0 aliphatic carbocycles. The Labute approximate surface area is 114 Å². The van der Waals surface area contributed by atoms with Crippen LogP contribution in [0.2, 0.25) is 0 Å². The number of para-hydroxylation sites is 2. The average molecular weight is 302 g/mol. The summed E-state index contributed by atoms with van der Waals surface area (Å²) in [6, 6.07) is 10.2. The van der Waals surface area contributed by atoms with Crippen molar-refractivity contribution >= 4 is 27.0 Å². The van der Waals surface area contributed by atoms with E-state index >= 15 is 0 Å². The Morgan fingerprint density at radius 2 is 1.94 bits per heavy atom. The molecule has 2 heterocycles. The summed E-state index contributed by atoms with van der Waals surface area (Å²) in [6.07, 6.45) is 1.83. The largest absolute Gasteiger partial charge is 0.281 e. The van der Waals surface area contributed by atoms with E-state index in [4.69, 9.17) is 0 Å². The number of rotatable bonds is 1. The van der Waals surface area contributed by atoms with Gasteiger partial charge in [0.05, 0.1) is 11.0 Å². The molecule has 0 aliphatic heterocycles. The van der Waals surface area contributed by atoms with Crippen molar-refractivity contribution in [3.05, 3.63) is 52.4 Å². The lowest BCUT2D eigenvalue weighted by atomic mass is 10.3. The number of fused-ring (bicyclic) bond motifs is 1. The molecule has 4 heteroatoms. The minimum atomic E-state index is 0.905. The van der Waals surface area contributed by atoms with Gasteiger partial charge in [0.25, 0.3) is 0 Å². The van der Waals surface area contributed by atoms with Crippen molar-refractivity contribution in [3.8, 4) is 5.82 Å². The van der Waals surface area contributed by atoms with Crippen LogP contribution in [0.15, 0.2) is 41.0 Å². The minimum Gasteiger partial charge on any atom is -0.281 e. The number of pyridine rings is 1. The maximum atomic E-state index is 4.55. The van der Waals surface area contributed by atoms with Gasteiger partial charge in [0, 0.05) is 10.7 Å². The predicted octanol–water partition coefficient (Wildman–Crippen LogP) is 3.80. The summed E-state index contributed by atoms with van der Waals surface area (Å²) in [6.45, 7) is 4.06. The van der Waals surface area contributed by atoms with Gasteiger partial charge in [0.15, 0.2) is 0 Å². The maximum Gasteiger partial charge on any atom is 0.138 e. The lowest BCUT2D eigenvalue weighted by Gasteiger charge is -2.07. The molecule has 0 amide bonds. The van der Waals surface area contributed by atoms with Crippen LogP contribution in [0.3, 0.4) is 0 Å². The van der Waals surface area contributed by atoms with Gasteiger partial charge in [-0.05, 0) is 53.5 Å². The summed E-state index contributed by atoms with van der Waals surface area (Å²) in [5, 5.41) is 0. The van der Waals surface area contributed by atoms with Crippen LogP contribution < -0.4 is 0 Å². The Morgan fingerprint density at radius 1 is 1.17 bits per heavy atom. The van der Waals surface area contributed by atoms with E-state index in [9.17, 15) is 0 Å². The molecule has 0 aliphatic rings. The summed E-state index contributed by atoms with van der Waals surface area (Å²) in [5.74, 6) is 1.85. The van der Waals surface area contributed by atoms with Gasteiger partial charge in [0.1, 0.15) is 11.6 Å². The molecular formula is C14H12BrN3. The molecule has 0 bridgehead atoms. The Kier molecular flexibility index (Phi) is 2.67. The standard InChI is InChI=1S/C14H12BrN3/c1-9-7-14(16-8-11(9)15)18-10(2)17-12-5-3-4-6-13(12)18/h3-8H,1-2H3. The fourth-order valence-corrected chi connectivity index (χ4v) is 2.30. The highest BCUT2D eigenvalue weighted by Crippen LogP contribution is 2.22. The van der Waals surface area contributed by atoms with Crippen molar-refractivity contribution in [3.63, 3.8) is 0 Å². The molecule has 3 nitrogen and oxygen atoms in total. The van der Waals surface area contributed by atoms with Crippen molar-refractivity contribution in [2.24, 2.45) is 0 Å². The van der Waals surface area contributed by atoms with Gasteiger partial charge in [0.2, 0.25) is 0 Å². The molecule has 0 fully saturated rings. The monoisotopic (exact) mass is 301 g/mol. The summed E-state index contributed by atoms with van der Waals surface area (Å²) < 4.78 is 3.10. The molecule has 0 radical (unpaired) electrons. The Bertz CT molecular complexity index is 731. The number of hydrogen-bond acceptors (Lipinski definition) is 2. The highest BCUT2D eigenvalue weighted by atomic mass is 79.9. The summed E-state index contributed by atoms with van der Waals surface area (Å²) in [5.41, 5.74) is 3.25. The van der Waals surface area contributed by atoms with Crippen LogP contribution in [0.4, 0.5) is 0 Å². The van der Waals surface area contributed by atoms with Crippen LogP contribution in [0.5, 0.6) is 0 Å². The molecule has 18 heavy (non-hydrogen) atoms. The van der Waals surface area contributed by atoms with E-state index < -0.39 is 0 Å². The SMILES string of the molecule is Cc1cc(-n2c(C)nc3ccccc32)ncc1Br. The van der Waals surface area contributed by atoms with E-state index in [0.717, 1.165) is 32.7 Å². The third kappa shape index (κ3) is 1.73. The molecule has 3 aromatic rings. The van der Waals surface area contributed by atoms with Gasteiger partial charge in [-0.2, -0.15) is 0 Å². The molecule has 1 aromatic carbocycles. The molecule has 0 spiro atoms. The topological polar surface area (TPSA) is 30.7 Å². The van der Waals surface area contributed by atoms with E-state index in [1.54, 1.807) is 0 Å². The zero-order chi connectivity index (χ0) is 12.7. The van der Waals surface area contributed by atoms with Crippen molar-refractivity contribution in [2.75, 3.05) is 0 Å². The van der Waals surface area contributed by atoms with E-state index in [0.29, 0.717) is 0 Å². The van der Waals surface area contributed by atoms with E-state index in [-0.39, 0.29) is 0 Å². The van der Waals surface area contributed by atoms with Crippen molar-refractivity contribution in [1.29, 1.82) is 0 Å². The first kappa shape index (κ1) is 11.4. The molecular weight excluding hydrogens is 290 g/mol. The Morgan fingerprint density at radius 3 is 2.72 bits per heavy atom. The number of aryl methyl sites for hydroxylation is 2. The summed E-state index contributed by atoms with van der Waals surface area (Å²) in [7, 11) is 0. The van der Waals surface area contributed by atoms with Crippen molar-refractivity contribution in [1.82, 2.24) is 14.5 Å². The predicted molar refractivity (Wildman–Crippen MR) is 76.0 cm³/mol. The third-order valence-corrected chi connectivity index (χ3v) is 3.82. The van der Waals surface area contributed by atoms with Gasteiger partial charge < -0.3 is 0 Å². The van der Waals surface area contributed by atoms with E-state index in [2.05, 4.69) is 49.5 Å². The van der Waals surface area contributed by atoms with E-state index in [1.807, 2.05) is 31.3 Å². The van der Waals surface area contributed by atoms with Gasteiger partial charge in [-0.3, -0.25) is 4.57 Å². The molecule has 0 saturated heterocycles. The quantitative estimate of drug-likeness (QED) is 0.684. The summed E-state index contributed by atoms with van der Waals surface area (Å²) in [4.78, 5) is 9.02. The van der Waals surface area contributed by atoms with Gasteiger partial charge >= 0.3 is 0 Å². The first-order valence-electron chi connectivity index (χ1n) is 5.73. The molecule has 0 unspecified atom stereocenters. The smallest absolute Gasteiger partial charge is 0.138 e. The van der Waals surface area contributed by atoms with Crippen LogP contribution in [0, 0.1) is 13.8 Å². The number of nitrogens with zero attached hydrogens (tertiary/aromatic N) is 3. The fraction of sp³-hybridized carbons (Fsp3) is 0.143. The second-order valence-corrected chi connectivity index (χ2v) is 5.13. The van der Waals surface area contributed by atoms with Gasteiger partial charge in [-0.25, -0.2) is 9.97 Å². The first-order valence-corrected chi connectivity index (χ1v) is 6.53. The lowest BCUT2D eigenvalue weighted by Crippen LogP contribution is -2.00. The number of benzene rings is 1. The van der Waals surface area contributed by atoms with Crippen LogP contribution >= 0.6 is 15.9 Å². The fourth-order valence-electron chi connectivity index (χ4n) is 2.08. The molecule has 0 saturated carbocycles. The Balaban J connectivity index is 2.30.